The number of anilines is 1. The molecule has 0 bridgehead atoms. The van der Waals surface area contributed by atoms with E-state index in [9.17, 15) is 8.42 Å². The van der Waals surface area contributed by atoms with Crippen molar-refractivity contribution < 1.29 is 13.2 Å². The smallest absolute Gasteiger partial charge is 0.237 e. The van der Waals surface area contributed by atoms with Gasteiger partial charge in [-0.2, -0.15) is 0 Å². The average Bonchev–Trinajstić information content (AvgIpc) is 3.13. The predicted molar refractivity (Wildman–Crippen MR) is 110 cm³/mol. The number of fused-ring (bicyclic) bond motifs is 2. The van der Waals surface area contributed by atoms with Crippen LogP contribution in [-0.2, 0) is 16.4 Å². The van der Waals surface area contributed by atoms with Gasteiger partial charge in [0.25, 0.3) is 0 Å². The summed E-state index contributed by atoms with van der Waals surface area (Å²) in [5.74, 6) is 1.02. The molecule has 3 N–H and O–H groups in total. The lowest BCUT2D eigenvalue weighted by Gasteiger charge is -2.27. The molecule has 0 saturated heterocycles. The number of nitrogens with zero attached hydrogens (tertiary/aromatic N) is 2. The first-order valence-electron chi connectivity index (χ1n) is 9.41. The maximum Gasteiger partial charge on any atom is 0.237 e. The summed E-state index contributed by atoms with van der Waals surface area (Å²) < 4.78 is 32.5. The number of rotatable bonds is 5. The molecule has 0 aliphatic carbocycles. The quantitative estimate of drug-likeness (QED) is 0.589. The van der Waals surface area contributed by atoms with Crippen LogP contribution in [0.25, 0.3) is 0 Å². The molecule has 148 valence electrons. The molecule has 2 aliphatic heterocycles. The van der Waals surface area contributed by atoms with Gasteiger partial charge in [0.15, 0.2) is 5.96 Å². The van der Waals surface area contributed by atoms with E-state index in [1.165, 1.54) is 4.31 Å². The molecule has 4 rings (SSSR count). The lowest BCUT2D eigenvalue weighted by Crippen LogP contribution is -2.38. The van der Waals surface area contributed by atoms with Gasteiger partial charge < -0.3 is 15.8 Å². The van der Waals surface area contributed by atoms with Gasteiger partial charge in [-0.3, -0.25) is 9.30 Å². The first kappa shape index (κ1) is 18.6. The van der Waals surface area contributed by atoms with Crippen molar-refractivity contribution in [3.8, 4) is 5.75 Å². The molecule has 0 fully saturated rings. The molecule has 2 aliphatic rings. The summed E-state index contributed by atoms with van der Waals surface area (Å²) in [5.41, 5.74) is 8.88. The van der Waals surface area contributed by atoms with Crippen LogP contribution in [0.3, 0.4) is 0 Å². The number of nitrogens with two attached hydrogens (primary N) is 1. The molecule has 8 heteroatoms. The topological polar surface area (TPSA) is 97.0 Å². The summed E-state index contributed by atoms with van der Waals surface area (Å²) in [4.78, 5) is 4.24. The van der Waals surface area contributed by atoms with Crippen molar-refractivity contribution in [2.45, 2.75) is 18.9 Å². The largest absolute Gasteiger partial charge is 0.493 e. The Labute approximate surface area is 165 Å². The highest BCUT2D eigenvalue weighted by atomic mass is 32.2. The summed E-state index contributed by atoms with van der Waals surface area (Å²) in [6, 6.07) is 15.4. The lowest BCUT2D eigenvalue weighted by molar-refractivity contribution is 0.262. The van der Waals surface area contributed by atoms with Crippen LogP contribution < -0.4 is 20.1 Å². The standard InChI is InChI=1S/C20H24N4O3S/c21-20(23-17-10-13-27-19-8-4-2-6-16(17)19)22-11-14-28(25,26)24-12-9-15-5-1-3-7-18(15)24/h1-8,17H,9-14H2,(H3,21,22,23). The molecule has 0 saturated carbocycles. The number of sulfonamides is 1. The second kappa shape index (κ2) is 7.71. The molecule has 0 radical (unpaired) electrons. The predicted octanol–water partition coefficient (Wildman–Crippen LogP) is 1.81. The second-order valence-electron chi connectivity index (χ2n) is 6.91. The van der Waals surface area contributed by atoms with Crippen molar-refractivity contribution in [1.29, 1.82) is 0 Å². The number of nitrogens with one attached hydrogen (secondary N) is 1. The molecule has 0 amide bonds. The number of hydrogen-bond acceptors (Lipinski definition) is 4. The van der Waals surface area contributed by atoms with Crippen molar-refractivity contribution >= 4 is 21.7 Å². The van der Waals surface area contributed by atoms with Crippen LogP contribution in [-0.4, -0.2) is 39.8 Å². The molecule has 7 nitrogen and oxygen atoms in total. The van der Waals surface area contributed by atoms with Gasteiger partial charge in [-0.25, -0.2) is 8.42 Å². The van der Waals surface area contributed by atoms with Crippen LogP contribution in [0, 0.1) is 0 Å². The van der Waals surface area contributed by atoms with Crippen LogP contribution in [0.4, 0.5) is 5.69 Å². The molecule has 1 atom stereocenters. The van der Waals surface area contributed by atoms with Crippen molar-refractivity contribution in [1.82, 2.24) is 5.32 Å². The zero-order chi connectivity index (χ0) is 19.6. The molecule has 1 unspecified atom stereocenters. The SMILES string of the molecule is NC(=NCCS(=O)(=O)N1CCc2ccccc21)NC1CCOc2ccccc21. The molecule has 28 heavy (non-hydrogen) atoms. The zero-order valence-corrected chi connectivity index (χ0v) is 16.4. The third-order valence-corrected chi connectivity index (χ3v) is 6.84. The highest BCUT2D eigenvalue weighted by Crippen LogP contribution is 2.31. The zero-order valence-electron chi connectivity index (χ0n) is 15.5. The molecular weight excluding hydrogens is 376 g/mol. The highest BCUT2D eigenvalue weighted by molar-refractivity contribution is 7.92. The van der Waals surface area contributed by atoms with E-state index in [1.54, 1.807) is 0 Å². The van der Waals surface area contributed by atoms with Gasteiger partial charge in [-0.15, -0.1) is 0 Å². The van der Waals surface area contributed by atoms with Crippen LogP contribution in [0.1, 0.15) is 23.6 Å². The minimum absolute atomic E-state index is 0.00997. The molecule has 2 aromatic carbocycles. The number of ether oxygens (including phenoxy) is 1. The van der Waals surface area contributed by atoms with Gasteiger partial charge in [-0.05, 0) is 24.1 Å². The van der Waals surface area contributed by atoms with E-state index in [0.717, 1.165) is 35.4 Å². The van der Waals surface area contributed by atoms with Crippen molar-refractivity contribution in [2.75, 3.05) is 29.8 Å². The number of hydrogen-bond donors (Lipinski definition) is 2. The van der Waals surface area contributed by atoms with Crippen LogP contribution in [0.15, 0.2) is 53.5 Å². The van der Waals surface area contributed by atoms with Gasteiger partial charge in [-0.1, -0.05) is 36.4 Å². The summed E-state index contributed by atoms with van der Waals surface area (Å²) >= 11 is 0. The first-order valence-corrected chi connectivity index (χ1v) is 11.0. The first-order chi connectivity index (χ1) is 13.5. The fraction of sp³-hybridized carbons (Fsp3) is 0.350. The van der Waals surface area contributed by atoms with Crippen LogP contribution >= 0.6 is 0 Å². The Bertz CT molecular complexity index is 990. The molecular formula is C20H24N4O3S. The lowest BCUT2D eigenvalue weighted by atomic mass is 10.0. The Morgan fingerprint density at radius 3 is 2.89 bits per heavy atom. The van der Waals surface area contributed by atoms with E-state index in [2.05, 4.69) is 10.3 Å². The van der Waals surface area contributed by atoms with Gasteiger partial charge in [0.2, 0.25) is 10.0 Å². The molecule has 2 aromatic rings. The van der Waals surface area contributed by atoms with E-state index in [4.69, 9.17) is 10.5 Å². The average molecular weight is 401 g/mol. The van der Waals surface area contributed by atoms with Crippen LogP contribution in [0.5, 0.6) is 5.75 Å². The van der Waals surface area contributed by atoms with E-state index in [-0.39, 0.29) is 24.3 Å². The van der Waals surface area contributed by atoms with E-state index >= 15 is 0 Å². The van der Waals surface area contributed by atoms with Gasteiger partial charge in [0.05, 0.1) is 30.6 Å². The van der Waals surface area contributed by atoms with Crippen molar-refractivity contribution in [2.24, 2.45) is 10.7 Å². The molecule has 2 heterocycles. The van der Waals surface area contributed by atoms with Gasteiger partial charge in [0, 0.05) is 18.5 Å². The van der Waals surface area contributed by atoms with E-state index < -0.39 is 10.0 Å². The van der Waals surface area contributed by atoms with Crippen molar-refractivity contribution in [3.63, 3.8) is 0 Å². The highest BCUT2D eigenvalue weighted by Gasteiger charge is 2.28. The number of aliphatic imine (C=N–C) groups is 1. The summed E-state index contributed by atoms with van der Waals surface area (Å²) in [6.07, 6.45) is 1.52. The maximum atomic E-state index is 12.7. The Hall–Kier alpha value is -2.74. The van der Waals surface area contributed by atoms with Crippen molar-refractivity contribution in [3.05, 3.63) is 59.7 Å². The molecule has 0 aromatic heterocycles. The Balaban J connectivity index is 1.37. The number of benzene rings is 2. The Morgan fingerprint density at radius 1 is 1.21 bits per heavy atom. The van der Waals surface area contributed by atoms with E-state index in [1.807, 2.05) is 48.5 Å². The van der Waals surface area contributed by atoms with Crippen LogP contribution in [0.2, 0.25) is 0 Å². The van der Waals surface area contributed by atoms with Gasteiger partial charge in [0.1, 0.15) is 5.75 Å². The molecule has 0 spiro atoms. The fourth-order valence-electron chi connectivity index (χ4n) is 3.70. The second-order valence-corrected chi connectivity index (χ2v) is 8.92. The summed E-state index contributed by atoms with van der Waals surface area (Å²) in [5, 5.41) is 3.19. The monoisotopic (exact) mass is 400 g/mol. The van der Waals surface area contributed by atoms with Gasteiger partial charge >= 0.3 is 0 Å². The minimum Gasteiger partial charge on any atom is -0.493 e. The number of guanidine groups is 1. The van der Waals surface area contributed by atoms with E-state index in [0.29, 0.717) is 13.2 Å². The minimum atomic E-state index is -3.43. The Kier molecular flexibility index (Phi) is 5.13. The summed E-state index contributed by atoms with van der Waals surface area (Å²) in [7, 11) is -3.43. The normalized spacial score (nSPS) is 18.9. The summed E-state index contributed by atoms with van der Waals surface area (Å²) in [6.45, 7) is 1.20. The Morgan fingerprint density at radius 2 is 2.00 bits per heavy atom. The maximum absolute atomic E-state index is 12.7. The number of para-hydroxylation sites is 2. The third-order valence-electron chi connectivity index (χ3n) is 5.09. The fourth-order valence-corrected chi connectivity index (χ4v) is 5.09. The third kappa shape index (κ3) is 3.77.